The fourth-order valence-corrected chi connectivity index (χ4v) is 4.19. The summed E-state index contributed by atoms with van der Waals surface area (Å²) in [5.41, 5.74) is 3.87. The number of likely N-dealkylation sites (tertiary alicyclic amines) is 1. The SMILES string of the molecule is N#Cc1ccc(COCC2CCN(C(=O)NC(c3ccccc3)c3ccccc3)CC2)cc1. The molecule has 0 aromatic heterocycles. The summed E-state index contributed by atoms with van der Waals surface area (Å²) >= 11 is 0. The Balaban J connectivity index is 1.27. The van der Waals surface area contributed by atoms with Crippen molar-refractivity contribution in [2.75, 3.05) is 19.7 Å². The summed E-state index contributed by atoms with van der Waals surface area (Å²) < 4.78 is 5.91. The van der Waals surface area contributed by atoms with Crippen molar-refractivity contribution in [1.82, 2.24) is 10.2 Å². The van der Waals surface area contributed by atoms with Gasteiger partial charge < -0.3 is 15.0 Å². The number of nitrogens with one attached hydrogen (secondary N) is 1. The van der Waals surface area contributed by atoms with Crippen LogP contribution in [0.4, 0.5) is 4.79 Å². The first-order chi connectivity index (χ1) is 16.2. The monoisotopic (exact) mass is 439 g/mol. The first-order valence-corrected chi connectivity index (χ1v) is 11.4. The molecule has 5 nitrogen and oxygen atoms in total. The molecule has 0 saturated carbocycles. The Morgan fingerprint density at radius 3 is 2.06 bits per heavy atom. The number of hydrogen-bond donors (Lipinski definition) is 1. The lowest BCUT2D eigenvalue weighted by molar-refractivity contribution is 0.0628. The molecule has 0 atom stereocenters. The molecule has 5 heteroatoms. The van der Waals surface area contributed by atoms with Crippen molar-refractivity contribution >= 4 is 6.03 Å². The highest BCUT2D eigenvalue weighted by Gasteiger charge is 2.25. The summed E-state index contributed by atoms with van der Waals surface area (Å²) in [5.74, 6) is 0.450. The minimum atomic E-state index is -0.173. The van der Waals surface area contributed by atoms with Crippen LogP contribution in [0.3, 0.4) is 0 Å². The molecule has 0 bridgehead atoms. The minimum Gasteiger partial charge on any atom is -0.376 e. The van der Waals surface area contributed by atoms with Crippen LogP contribution in [0.15, 0.2) is 84.9 Å². The van der Waals surface area contributed by atoms with E-state index < -0.39 is 0 Å². The summed E-state index contributed by atoms with van der Waals surface area (Å²) in [6.45, 7) is 2.69. The standard InChI is InChI=1S/C28H29N3O2/c29-19-22-11-13-23(14-12-22)20-33-21-24-15-17-31(18-16-24)28(32)30-27(25-7-3-1-4-8-25)26-9-5-2-6-10-26/h1-14,24,27H,15-18,20-21H2,(H,30,32). The van der Waals surface area contributed by atoms with Gasteiger partial charge in [0.15, 0.2) is 0 Å². The Morgan fingerprint density at radius 1 is 0.939 bits per heavy atom. The van der Waals surface area contributed by atoms with E-state index in [0.29, 0.717) is 24.7 Å². The Morgan fingerprint density at radius 2 is 1.52 bits per heavy atom. The van der Waals surface area contributed by atoms with E-state index in [-0.39, 0.29) is 12.1 Å². The zero-order valence-corrected chi connectivity index (χ0v) is 18.7. The third kappa shape index (κ3) is 6.21. The van der Waals surface area contributed by atoms with Crippen molar-refractivity contribution in [2.45, 2.75) is 25.5 Å². The number of ether oxygens (including phenoxy) is 1. The smallest absolute Gasteiger partial charge is 0.318 e. The van der Waals surface area contributed by atoms with Crippen LogP contribution in [-0.2, 0) is 11.3 Å². The van der Waals surface area contributed by atoms with Crippen LogP contribution in [0.5, 0.6) is 0 Å². The van der Waals surface area contributed by atoms with Gasteiger partial charge in [-0.2, -0.15) is 5.26 Å². The van der Waals surface area contributed by atoms with Crippen LogP contribution in [0.25, 0.3) is 0 Å². The molecule has 0 aliphatic carbocycles. The highest BCUT2D eigenvalue weighted by Crippen LogP contribution is 2.23. The topological polar surface area (TPSA) is 65.4 Å². The number of hydrogen-bond acceptors (Lipinski definition) is 3. The second-order valence-electron chi connectivity index (χ2n) is 8.46. The number of nitrogens with zero attached hydrogens (tertiary/aromatic N) is 2. The molecule has 0 radical (unpaired) electrons. The number of nitriles is 1. The van der Waals surface area contributed by atoms with Gasteiger partial charge in [-0.15, -0.1) is 0 Å². The van der Waals surface area contributed by atoms with E-state index >= 15 is 0 Å². The van der Waals surface area contributed by atoms with Crippen LogP contribution in [-0.4, -0.2) is 30.6 Å². The zero-order valence-electron chi connectivity index (χ0n) is 18.7. The van der Waals surface area contributed by atoms with Gasteiger partial charge >= 0.3 is 6.03 Å². The quantitative estimate of drug-likeness (QED) is 0.544. The van der Waals surface area contributed by atoms with Gasteiger partial charge in [0.1, 0.15) is 0 Å². The second kappa shape index (κ2) is 11.3. The summed E-state index contributed by atoms with van der Waals surface area (Å²) in [7, 11) is 0. The summed E-state index contributed by atoms with van der Waals surface area (Å²) in [4.78, 5) is 15.0. The van der Waals surface area contributed by atoms with Crippen molar-refractivity contribution in [3.05, 3.63) is 107 Å². The number of carbonyl (C=O) groups excluding carboxylic acids is 1. The highest BCUT2D eigenvalue weighted by molar-refractivity contribution is 5.75. The van der Waals surface area contributed by atoms with Crippen LogP contribution >= 0.6 is 0 Å². The van der Waals surface area contributed by atoms with Gasteiger partial charge in [0.2, 0.25) is 0 Å². The van der Waals surface area contributed by atoms with Gasteiger partial charge in [0.05, 0.1) is 24.3 Å². The first-order valence-electron chi connectivity index (χ1n) is 11.4. The number of carbonyl (C=O) groups is 1. The van der Waals surface area contributed by atoms with E-state index in [1.807, 2.05) is 65.6 Å². The normalized spacial score (nSPS) is 14.1. The number of piperidine rings is 1. The molecule has 4 rings (SSSR count). The summed E-state index contributed by atoms with van der Waals surface area (Å²) in [5, 5.41) is 12.1. The lowest BCUT2D eigenvalue weighted by Crippen LogP contribution is -2.46. The molecule has 1 aliphatic rings. The van der Waals surface area contributed by atoms with Crippen molar-refractivity contribution in [1.29, 1.82) is 5.26 Å². The minimum absolute atomic E-state index is 0.0235. The van der Waals surface area contributed by atoms with Gasteiger partial charge in [-0.25, -0.2) is 4.79 Å². The van der Waals surface area contributed by atoms with Gasteiger partial charge in [-0.05, 0) is 47.6 Å². The van der Waals surface area contributed by atoms with Crippen LogP contribution < -0.4 is 5.32 Å². The number of amides is 2. The molecule has 33 heavy (non-hydrogen) atoms. The maximum Gasteiger partial charge on any atom is 0.318 e. The van der Waals surface area contributed by atoms with E-state index in [1.54, 1.807) is 0 Å². The Bertz CT molecular complexity index is 1010. The molecular formula is C28H29N3O2. The Hall–Kier alpha value is -3.62. The second-order valence-corrected chi connectivity index (χ2v) is 8.46. The van der Waals surface area contributed by atoms with E-state index in [1.165, 1.54) is 0 Å². The number of benzene rings is 3. The molecule has 1 fully saturated rings. The maximum atomic E-state index is 13.1. The summed E-state index contributed by atoms with van der Waals surface area (Å²) in [6, 6.07) is 29.6. The molecule has 3 aromatic rings. The predicted molar refractivity (Wildman–Crippen MR) is 128 cm³/mol. The molecule has 168 valence electrons. The lowest BCUT2D eigenvalue weighted by Gasteiger charge is -2.33. The molecular weight excluding hydrogens is 410 g/mol. The number of urea groups is 1. The van der Waals surface area contributed by atoms with Crippen LogP contribution in [0.1, 0.15) is 41.1 Å². The lowest BCUT2D eigenvalue weighted by atomic mass is 9.97. The average molecular weight is 440 g/mol. The molecule has 1 aliphatic heterocycles. The van der Waals surface area contributed by atoms with Gasteiger partial charge in [-0.3, -0.25) is 0 Å². The molecule has 3 aromatic carbocycles. The Kier molecular flexibility index (Phi) is 7.73. The molecule has 2 amide bonds. The highest BCUT2D eigenvalue weighted by atomic mass is 16.5. The Labute approximate surface area is 195 Å². The predicted octanol–water partition coefficient (Wildman–Crippen LogP) is 5.29. The maximum absolute atomic E-state index is 13.1. The van der Waals surface area contributed by atoms with E-state index in [4.69, 9.17) is 10.00 Å². The van der Waals surface area contributed by atoms with Crippen molar-refractivity contribution in [3.8, 4) is 6.07 Å². The van der Waals surface area contributed by atoms with E-state index in [9.17, 15) is 4.79 Å². The molecule has 1 heterocycles. The summed E-state index contributed by atoms with van der Waals surface area (Å²) in [6.07, 6.45) is 1.87. The van der Waals surface area contributed by atoms with Crippen molar-refractivity contribution < 1.29 is 9.53 Å². The fraction of sp³-hybridized carbons (Fsp3) is 0.286. The van der Waals surface area contributed by atoms with Crippen LogP contribution in [0.2, 0.25) is 0 Å². The largest absolute Gasteiger partial charge is 0.376 e. The van der Waals surface area contributed by atoms with Crippen molar-refractivity contribution in [3.63, 3.8) is 0 Å². The van der Waals surface area contributed by atoms with Crippen LogP contribution in [0, 0.1) is 17.2 Å². The third-order valence-corrected chi connectivity index (χ3v) is 6.14. The molecule has 0 unspecified atom stereocenters. The molecule has 1 saturated heterocycles. The zero-order chi connectivity index (χ0) is 22.9. The van der Waals surface area contributed by atoms with E-state index in [2.05, 4.69) is 35.7 Å². The van der Waals surface area contributed by atoms with Gasteiger partial charge in [0, 0.05) is 19.7 Å². The van der Waals surface area contributed by atoms with Crippen molar-refractivity contribution in [2.24, 2.45) is 5.92 Å². The molecule has 0 spiro atoms. The van der Waals surface area contributed by atoms with Gasteiger partial charge in [-0.1, -0.05) is 72.8 Å². The third-order valence-electron chi connectivity index (χ3n) is 6.14. The fourth-order valence-electron chi connectivity index (χ4n) is 4.19. The molecule has 1 N–H and O–H groups in total. The average Bonchev–Trinajstić information content (AvgIpc) is 2.89. The number of rotatable bonds is 7. The van der Waals surface area contributed by atoms with E-state index in [0.717, 1.165) is 42.6 Å². The first kappa shape index (κ1) is 22.6. The van der Waals surface area contributed by atoms with Gasteiger partial charge in [0.25, 0.3) is 0 Å².